The summed E-state index contributed by atoms with van der Waals surface area (Å²) in [6, 6.07) is 6.01. The van der Waals surface area contributed by atoms with Gasteiger partial charge in [-0.15, -0.1) is 12.4 Å². The molecule has 1 unspecified atom stereocenters. The van der Waals surface area contributed by atoms with Gasteiger partial charge in [-0.1, -0.05) is 15.9 Å². The largest absolute Gasteiger partial charge is 0.336 e. The number of hydrogen-bond acceptors (Lipinski definition) is 2. The summed E-state index contributed by atoms with van der Waals surface area (Å²) in [5.41, 5.74) is 0.724. The van der Waals surface area contributed by atoms with E-state index in [0.29, 0.717) is 6.04 Å². The van der Waals surface area contributed by atoms with Crippen molar-refractivity contribution in [2.24, 2.45) is 0 Å². The maximum Gasteiger partial charge on any atom is 0.255 e. The number of carbonyl (C=O) groups is 1. The van der Waals surface area contributed by atoms with Crippen LogP contribution >= 0.6 is 44.3 Å². The topological polar surface area (TPSA) is 32.3 Å². The zero-order chi connectivity index (χ0) is 12.4. The summed E-state index contributed by atoms with van der Waals surface area (Å²) in [5.74, 6) is 0.0951. The fraction of sp³-hybridized carbons (Fsp3) is 0.417. The first kappa shape index (κ1) is 16.0. The Hall–Kier alpha value is -0.100. The molecule has 1 aromatic rings. The van der Waals surface area contributed by atoms with Crippen LogP contribution in [0, 0.1) is 0 Å². The summed E-state index contributed by atoms with van der Waals surface area (Å²) in [4.78, 5) is 14.2. The van der Waals surface area contributed by atoms with Crippen LogP contribution in [0.1, 0.15) is 17.3 Å². The number of nitrogens with zero attached hydrogens (tertiary/aromatic N) is 1. The van der Waals surface area contributed by atoms with E-state index in [1.54, 1.807) is 0 Å². The molecule has 100 valence electrons. The quantitative estimate of drug-likeness (QED) is 0.789. The highest BCUT2D eigenvalue weighted by atomic mass is 79.9. The molecule has 3 nitrogen and oxygen atoms in total. The second-order valence-electron chi connectivity index (χ2n) is 4.23. The first-order valence-electron chi connectivity index (χ1n) is 5.55. The Balaban J connectivity index is 0.00000162. The number of rotatable bonds is 1. The van der Waals surface area contributed by atoms with Gasteiger partial charge >= 0.3 is 0 Å². The summed E-state index contributed by atoms with van der Waals surface area (Å²) >= 11 is 6.82. The van der Waals surface area contributed by atoms with Gasteiger partial charge in [0.1, 0.15) is 0 Å². The molecule has 1 aromatic carbocycles. The van der Waals surface area contributed by atoms with E-state index in [-0.39, 0.29) is 18.3 Å². The van der Waals surface area contributed by atoms with Crippen molar-refractivity contribution in [3.8, 4) is 0 Å². The molecule has 0 aromatic heterocycles. The second-order valence-corrected chi connectivity index (χ2v) is 6.00. The van der Waals surface area contributed by atoms with E-state index < -0.39 is 0 Å². The zero-order valence-electron chi connectivity index (χ0n) is 9.95. The van der Waals surface area contributed by atoms with Crippen molar-refractivity contribution in [1.82, 2.24) is 10.2 Å². The Morgan fingerprint density at radius 2 is 2.17 bits per heavy atom. The highest BCUT2D eigenvalue weighted by Crippen LogP contribution is 2.23. The summed E-state index contributed by atoms with van der Waals surface area (Å²) < 4.78 is 1.80. The SMILES string of the molecule is CC1CN(C(=O)c2ccc(Br)cc2Br)CCN1.Cl. The number of piperazine rings is 1. The molecule has 1 N–H and O–H groups in total. The van der Waals surface area contributed by atoms with Crippen LogP contribution in [-0.4, -0.2) is 36.5 Å². The van der Waals surface area contributed by atoms with E-state index in [1.165, 1.54) is 0 Å². The van der Waals surface area contributed by atoms with Crippen LogP contribution in [0.25, 0.3) is 0 Å². The summed E-state index contributed by atoms with van der Waals surface area (Å²) in [6.45, 7) is 4.49. The van der Waals surface area contributed by atoms with Gasteiger partial charge in [-0.05, 0) is 41.1 Å². The van der Waals surface area contributed by atoms with Crippen LogP contribution < -0.4 is 5.32 Å². The highest BCUT2D eigenvalue weighted by molar-refractivity contribution is 9.11. The van der Waals surface area contributed by atoms with Crippen molar-refractivity contribution in [3.05, 3.63) is 32.7 Å². The van der Waals surface area contributed by atoms with E-state index in [2.05, 4.69) is 44.1 Å². The Morgan fingerprint density at radius 1 is 1.44 bits per heavy atom. The molecule has 2 rings (SSSR count). The minimum absolute atomic E-state index is 0. The van der Waals surface area contributed by atoms with Crippen molar-refractivity contribution in [2.75, 3.05) is 19.6 Å². The van der Waals surface area contributed by atoms with Gasteiger partial charge < -0.3 is 10.2 Å². The molecular formula is C12H15Br2ClN2O. The Bertz CT molecular complexity index is 442. The second kappa shape index (κ2) is 6.89. The van der Waals surface area contributed by atoms with E-state index >= 15 is 0 Å². The standard InChI is InChI=1S/C12H14Br2N2O.ClH/c1-8-7-16(5-4-15-8)12(17)10-3-2-9(13)6-11(10)14;/h2-3,6,8,15H,4-5,7H2,1H3;1H. The van der Waals surface area contributed by atoms with Crippen LogP contribution in [0.15, 0.2) is 27.1 Å². The van der Waals surface area contributed by atoms with Crippen LogP contribution in [0.4, 0.5) is 0 Å². The van der Waals surface area contributed by atoms with Gasteiger partial charge in [-0.3, -0.25) is 4.79 Å². The average molecular weight is 399 g/mol. The lowest BCUT2D eigenvalue weighted by molar-refractivity contribution is 0.0708. The molecule has 1 saturated heterocycles. The first-order valence-corrected chi connectivity index (χ1v) is 7.14. The van der Waals surface area contributed by atoms with Gasteiger partial charge in [0.05, 0.1) is 5.56 Å². The normalized spacial score (nSPS) is 19.3. The van der Waals surface area contributed by atoms with Gasteiger partial charge in [0.15, 0.2) is 0 Å². The van der Waals surface area contributed by atoms with Crippen molar-refractivity contribution < 1.29 is 4.79 Å². The van der Waals surface area contributed by atoms with Crippen LogP contribution in [0.2, 0.25) is 0 Å². The fourth-order valence-electron chi connectivity index (χ4n) is 1.95. The molecule has 0 aliphatic carbocycles. The van der Waals surface area contributed by atoms with E-state index in [0.717, 1.165) is 34.1 Å². The molecule has 1 heterocycles. The number of halogens is 3. The molecule has 0 saturated carbocycles. The predicted molar refractivity (Wildman–Crippen MR) is 82.5 cm³/mol. The van der Waals surface area contributed by atoms with E-state index in [1.807, 2.05) is 23.1 Å². The molecular weight excluding hydrogens is 383 g/mol. The van der Waals surface area contributed by atoms with E-state index in [9.17, 15) is 4.79 Å². The fourth-order valence-corrected chi connectivity index (χ4v) is 3.17. The van der Waals surface area contributed by atoms with Gasteiger partial charge in [0, 0.05) is 34.6 Å². The highest BCUT2D eigenvalue weighted by Gasteiger charge is 2.22. The van der Waals surface area contributed by atoms with Crippen molar-refractivity contribution in [2.45, 2.75) is 13.0 Å². The van der Waals surface area contributed by atoms with Crippen molar-refractivity contribution in [3.63, 3.8) is 0 Å². The summed E-state index contributed by atoms with van der Waals surface area (Å²) in [6.07, 6.45) is 0. The molecule has 18 heavy (non-hydrogen) atoms. The molecule has 1 amide bonds. The molecule has 0 radical (unpaired) electrons. The summed E-state index contributed by atoms with van der Waals surface area (Å²) in [7, 11) is 0. The number of benzene rings is 1. The minimum Gasteiger partial charge on any atom is -0.336 e. The third kappa shape index (κ3) is 3.70. The van der Waals surface area contributed by atoms with Gasteiger partial charge in [-0.25, -0.2) is 0 Å². The number of hydrogen-bond donors (Lipinski definition) is 1. The lowest BCUT2D eigenvalue weighted by atomic mass is 10.1. The number of carbonyl (C=O) groups excluding carboxylic acids is 1. The number of nitrogens with one attached hydrogen (secondary N) is 1. The Morgan fingerprint density at radius 3 is 2.78 bits per heavy atom. The molecule has 1 atom stereocenters. The van der Waals surface area contributed by atoms with Crippen molar-refractivity contribution in [1.29, 1.82) is 0 Å². The Labute approximate surface area is 130 Å². The van der Waals surface area contributed by atoms with Crippen LogP contribution in [-0.2, 0) is 0 Å². The third-order valence-corrected chi connectivity index (χ3v) is 3.97. The number of amides is 1. The molecule has 0 bridgehead atoms. The van der Waals surface area contributed by atoms with Crippen LogP contribution in [0.5, 0.6) is 0 Å². The van der Waals surface area contributed by atoms with Crippen molar-refractivity contribution >= 4 is 50.2 Å². The lowest BCUT2D eigenvalue weighted by Gasteiger charge is -2.32. The van der Waals surface area contributed by atoms with Crippen LogP contribution in [0.3, 0.4) is 0 Å². The van der Waals surface area contributed by atoms with Gasteiger partial charge in [-0.2, -0.15) is 0 Å². The molecule has 6 heteroatoms. The zero-order valence-corrected chi connectivity index (χ0v) is 13.9. The Kier molecular flexibility index (Phi) is 6.11. The maximum absolute atomic E-state index is 12.3. The predicted octanol–water partition coefficient (Wildman–Crippen LogP) is 3.07. The van der Waals surface area contributed by atoms with Gasteiger partial charge in [0.25, 0.3) is 5.91 Å². The molecule has 1 aliphatic rings. The molecule has 1 fully saturated rings. The maximum atomic E-state index is 12.3. The average Bonchev–Trinajstić information content (AvgIpc) is 2.28. The van der Waals surface area contributed by atoms with Gasteiger partial charge in [0.2, 0.25) is 0 Å². The minimum atomic E-state index is 0. The summed E-state index contributed by atoms with van der Waals surface area (Å²) in [5, 5.41) is 3.33. The monoisotopic (exact) mass is 396 g/mol. The third-order valence-electron chi connectivity index (χ3n) is 2.82. The first-order chi connectivity index (χ1) is 8.08. The smallest absolute Gasteiger partial charge is 0.255 e. The van der Waals surface area contributed by atoms with E-state index in [4.69, 9.17) is 0 Å². The molecule has 1 aliphatic heterocycles. The lowest BCUT2D eigenvalue weighted by Crippen LogP contribution is -2.51. The molecule has 0 spiro atoms.